The van der Waals surface area contributed by atoms with E-state index in [0.717, 1.165) is 5.69 Å². The molecule has 0 spiro atoms. The molecule has 5 nitrogen and oxygen atoms in total. The number of piperidine rings is 1. The van der Waals surface area contributed by atoms with E-state index in [-0.39, 0.29) is 17.6 Å². The van der Waals surface area contributed by atoms with Gasteiger partial charge in [0.15, 0.2) is 0 Å². The zero-order valence-corrected chi connectivity index (χ0v) is 12.4. The molecule has 1 aliphatic heterocycles. The number of amides is 1. The van der Waals surface area contributed by atoms with Crippen LogP contribution in [0, 0.1) is 5.92 Å². The van der Waals surface area contributed by atoms with Crippen LogP contribution >= 0.6 is 0 Å². The molecule has 1 fully saturated rings. The zero-order valence-electron chi connectivity index (χ0n) is 11.6. The monoisotopic (exact) mass is 296 g/mol. The molecule has 1 heterocycles. The molecule has 110 valence electrons. The summed E-state index contributed by atoms with van der Waals surface area (Å²) in [4.78, 5) is 12.1. The van der Waals surface area contributed by atoms with Gasteiger partial charge in [-0.2, -0.15) is 0 Å². The molecule has 2 rings (SSSR count). The second-order valence-corrected chi connectivity index (χ2v) is 7.19. The summed E-state index contributed by atoms with van der Waals surface area (Å²) in [6.45, 7) is 2.51. The van der Waals surface area contributed by atoms with Crippen LogP contribution in [-0.2, 0) is 14.8 Å². The molecule has 0 aliphatic carbocycles. The quantitative estimate of drug-likeness (QED) is 0.919. The number of nitrogens with zero attached hydrogens (tertiary/aromatic N) is 1. The third kappa shape index (κ3) is 3.58. The van der Waals surface area contributed by atoms with Gasteiger partial charge in [0.2, 0.25) is 15.9 Å². The third-order valence-electron chi connectivity index (χ3n) is 3.62. The molecular weight excluding hydrogens is 276 g/mol. The third-order valence-corrected chi connectivity index (χ3v) is 5.51. The standard InChI is InChI=1S/C14H20N2O3S/c1-2-20(18,19)16-10-8-12(9-11-16)14(17)15-13-6-4-3-5-7-13/h3-7,12H,2,8-11H2,1H3,(H,15,17). The Morgan fingerprint density at radius 3 is 2.40 bits per heavy atom. The Morgan fingerprint density at radius 2 is 1.85 bits per heavy atom. The Labute approximate surface area is 120 Å². The molecule has 0 unspecified atom stereocenters. The Hall–Kier alpha value is -1.40. The van der Waals surface area contributed by atoms with E-state index in [4.69, 9.17) is 0 Å². The van der Waals surface area contributed by atoms with Crippen LogP contribution in [0.5, 0.6) is 0 Å². The van der Waals surface area contributed by atoms with Gasteiger partial charge in [0, 0.05) is 24.7 Å². The molecule has 0 radical (unpaired) electrons. The van der Waals surface area contributed by atoms with Crippen molar-refractivity contribution in [3.63, 3.8) is 0 Å². The summed E-state index contributed by atoms with van der Waals surface area (Å²) >= 11 is 0. The number of benzene rings is 1. The number of hydrogen-bond donors (Lipinski definition) is 1. The van der Waals surface area contributed by atoms with Gasteiger partial charge < -0.3 is 5.32 Å². The molecule has 6 heteroatoms. The number of carbonyl (C=O) groups excluding carboxylic acids is 1. The lowest BCUT2D eigenvalue weighted by atomic mass is 9.97. The minimum atomic E-state index is -3.13. The second kappa shape index (κ2) is 6.37. The van der Waals surface area contributed by atoms with Gasteiger partial charge in [-0.15, -0.1) is 0 Å². The first-order valence-corrected chi connectivity index (χ1v) is 8.47. The summed E-state index contributed by atoms with van der Waals surface area (Å²) in [7, 11) is -3.13. The minimum Gasteiger partial charge on any atom is -0.326 e. The van der Waals surface area contributed by atoms with E-state index in [1.54, 1.807) is 6.92 Å². The summed E-state index contributed by atoms with van der Waals surface area (Å²) in [6.07, 6.45) is 1.16. The number of sulfonamides is 1. The van der Waals surface area contributed by atoms with Crippen molar-refractivity contribution in [1.82, 2.24) is 4.31 Å². The Morgan fingerprint density at radius 1 is 1.25 bits per heavy atom. The SMILES string of the molecule is CCS(=O)(=O)N1CCC(C(=O)Nc2ccccc2)CC1. The van der Waals surface area contributed by atoms with Crippen molar-refractivity contribution in [1.29, 1.82) is 0 Å². The predicted molar refractivity (Wildman–Crippen MR) is 78.8 cm³/mol. The van der Waals surface area contributed by atoms with Crippen LogP contribution in [0.15, 0.2) is 30.3 Å². The van der Waals surface area contributed by atoms with Gasteiger partial charge in [0.25, 0.3) is 0 Å². The predicted octanol–water partition coefficient (Wildman–Crippen LogP) is 1.69. The molecule has 20 heavy (non-hydrogen) atoms. The Balaban J connectivity index is 1.89. The zero-order chi connectivity index (χ0) is 14.6. The first-order chi connectivity index (χ1) is 9.53. The van der Waals surface area contributed by atoms with Crippen molar-refractivity contribution in [2.75, 3.05) is 24.2 Å². The van der Waals surface area contributed by atoms with Gasteiger partial charge in [-0.05, 0) is 31.9 Å². The number of hydrogen-bond acceptors (Lipinski definition) is 3. The fourth-order valence-corrected chi connectivity index (χ4v) is 3.48. The highest BCUT2D eigenvalue weighted by Crippen LogP contribution is 2.21. The number of para-hydroxylation sites is 1. The van der Waals surface area contributed by atoms with E-state index in [2.05, 4.69) is 5.32 Å². The normalized spacial score (nSPS) is 17.9. The van der Waals surface area contributed by atoms with Crippen molar-refractivity contribution >= 4 is 21.6 Å². The highest BCUT2D eigenvalue weighted by Gasteiger charge is 2.30. The molecule has 1 aromatic carbocycles. The summed E-state index contributed by atoms with van der Waals surface area (Å²) in [5.41, 5.74) is 0.779. The van der Waals surface area contributed by atoms with Crippen molar-refractivity contribution in [3.8, 4) is 0 Å². The van der Waals surface area contributed by atoms with Crippen molar-refractivity contribution in [2.45, 2.75) is 19.8 Å². The molecule has 1 N–H and O–H groups in total. The van der Waals surface area contributed by atoms with E-state index < -0.39 is 10.0 Å². The fraction of sp³-hybridized carbons (Fsp3) is 0.500. The summed E-state index contributed by atoms with van der Waals surface area (Å²) in [5.74, 6) is -0.0169. The van der Waals surface area contributed by atoms with E-state index in [1.165, 1.54) is 4.31 Å². The number of nitrogens with one attached hydrogen (secondary N) is 1. The second-order valence-electron chi connectivity index (χ2n) is 4.93. The maximum Gasteiger partial charge on any atom is 0.227 e. The molecule has 0 aromatic heterocycles. The van der Waals surface area contributed by atoms with Crippen molar-refractivity contribution in [3.05, 3.63) is 30.3 Å². The van der Waals surface area contributed by atoms with Crippen LogP contribution < -0.4 is 5.32 Å². The number of rotatable bonds is 4. The highest BCUT2D eigenvalue weighted by atomic mass is 32.2. The highest BCUT2D eigenvalue weighted by molar-refractivity contribution is 7.89. The molecule has 1 aromatic rings. The van der Waals surface area contributed by atoms with E-state index in [1.807, 2.05) is 30.3 Å². The van der Waals surface area contributed by atoms with Crippen LogP contribution in [0.3, 0.4) is 0 Å². The first-order valence-electron chi connectivity index (χ1n) is 6.86. The van der Waals surface area contributed by atoms with Crippen LogP contribution in [0.2, 0.25) is 0 Å². The molecule has 0 atom stereocenters. The Bertz CT molecular complexity index is 549. The molecule has 0 bridgehead atoms. The summed E-state index contributed by atoms with van der Waals surface area (Å²) < 4.78 is 25.0. The van der Waals surface area contributed by atoms with Crippen molar-refractivity contribution < 1.29 is 13.2 Å². The largest absolute Gasteiger partial charge is 0.326 e. The van der Waals surface area contributed by atoms with Crippen molar-refractivity contribution in [2.24, 2.45) is 5.92 Å². The van der Waals surface area contributed by atoms with Crippen LogP contribution in [0.25, 0.3) is 0 Å². The average molecular weight is 296 g/mol. The fourth-order valence-electron chi connectivity index (χ4n) is 2.34. The average Bonchev–Trinajstić information content (AvgIpc) is 2.48. The molecule has 1 saturated heterocycles. The molecule has 0 saturated carbocycles. The van der Waals surface area contributed by atoms with Gasteiger partial charge in [0.05, 0.1) is 5.75 Å². The van der Waals surface area contributed by atoms with E-state index in [0.29, 0.717) is 25.9 Å². The Kier molecular flexibility index (Phi) is 4.77. The van der Waals surface area contributed by atoms with Gasteiger partial charge >= 0.3 is 0 Å². The lowest BCUT2D eigenvalue weighted by Gasteiger charge is -2.30. The van der Waals surface area contributed by atoms with Gasteiger partial charge in [0.1, 0.15) is 0 Å². The molecule has 1 amide bonds. The molecular formula is C14H20N2O3S. The maximum atomic E-state index is 12.1. The van der Waals surface area contributed by atoms with Crippen LogP contribution in [0.4, 0.5) is 5.69 Å². The maximum absolute atomic E-state index is 12.1. The lowest BCUT2D eigenvalue weighted by molar-refractivity contribution is -0.120. The molecule has 1 aliphatic rings. The van der Waals surface area contributed by atoms with Crippen LogP contribution in [-0.4, -0.2) is 37.5 Å². The smallest absolute Gasteiger partial charge is 0.227 e. The number of carbonyl (C=O) groups is 1. The summed E-state index contributed by atoms with van der Waals surface area (Å²) in [5, 5.41) is 2.87. The van der Waals surface area contributed by atoms with E-state index in [9.17, 15) is 13.2 Å². The van der Waals surface area contributed by atoms with Gasteiger partial charge in [-0.3, -0.25) is 4.79 Å². The number of anilines is 1. The van der Waals surface area contributed by atoms with E-state index >= 15 is 0 Å². The van der Waals surface area contributed by atoms with Crippen LogP contribution in [0.1, 0.15) is 19.8 Å². The topological polar surface area (TPSA) is 66.5 Å². The minimum absolute atomic E-state index is 0.0234. The van der Waals surface area contributed by atoms with Gasteiger partial charge in [-0.1, -0.05) is 18.2 Å². The lowest BCUT2D eigenvalue weighted by Crippen LogP contribution is -2.42. The van der Waals surface area contributed by atoms with Gasteiger partial charge in [-0.25, -0.2) is 12.7 Å². The summed E-state index contributed by atoms with van der Waals surface area (Å²) in [6, 6.07) is 9.31. The first kappa shape index (κ1) is 15.0.